The molecule has 0 spiro atoms. The van der Waals surface area contributed by atoms with E-state index < -0.39 is 17.5 Å². The first kappa shape index (κ1) is 12.9. The van der Waals surface area contributed by atoms with Crippen LogP contribution in [0.5, 0.6) is 0 Å². The summed E-state index contributed by atoms with van der Waals surface area (Å²) in [5, 5.41) is 5.38. The molecule has 2 N–H and O–H groups in total. The highest BCUT2D eigenvalue weighted by molar-refractivity contribution is 5.94. The lowest BCUT2D eigenvalue weighted by molar-refractivity contribution is -0.118. The average molecular weight is 258 g/mol. The number of benzene rings is 1. The Kier molecular flexibility index (Phi) is 3.86. The van der Waals surface area contributed by atoms with Crippen LogP contribution < -0.4 is 10.6 Å². The summed E-state index contributed by atoms with van der Waals surface area (Å²) in [4.78, 5) is 11.8. The number of hydrogen-bond donors (Lipinski definition) is 2. The molecule has 6 heteroatoms. The second kappa shape index (κ2) is 5.39. The van der Waals surface area contributed by atoms with Gasteiger partial charge in [-0.3, -0.25) is 4.79 Å². The van der Waals surface area contributed by atoms with Gasteiger partial charge < -0.3 is 10.6 Å². The number of carbonyl (C=O) groups excluding carboxylic acids is 1. The lowest BCUT2D eigenvalue weighted by Crippen LogP contribution is -2.43. The molecule has 0 radical (unpaired) electrons. The standard InChI is InChI=1S/C12H13F3N2O/c13-8-5-7(6-9(14)11(8)15)17-12(18)10-3-1-2-4-16-10/h5-6,10,16H,1-4H2,(H,17,18)/t10-/m1/s1. The van der Waals surface area contributed by atoms with Crippen LogP contribution in [0.2, 0.25) is 0 Å². The normalized spacial score (nSPS) is 19.6. The Morgan fingerprint density at radius 3 is 2.44 bits per heavy atom. The topological polar surface area (TPSA) is 41.1 Å². The number of carbonyl (C=O) groups is 1. The van der Waals surface area contributed by atoms with Gasteiger partial charge in [0.25, 0.3) is 0 Å². The molecule has 0 saturated carbocycles. The molecule has 1 aromatic rings. The van der Waals surface area contributed by atoms with E-state index in [1.807, 2.05) is 0 Å². The number of hydrogen-bond acceptors (Lipinski definition) is 2. The van der Waals surface area contributed by atoms with E-state index in [-0.39, 0.29) is 17.6 Å². The molecule has 1 aliphatic rings. The lowest BCUT2D eigenvalue weighted by atomic mass is 10.0. The van der Waals surface area contributed by atoms with Gasteiger partial charge >= 0.3 is 0 Å². The summed E-state index contributed by atoms with van der Waals surface area (Å²) in [6, 6.07) is 1.16. The van der Waals surface area contributed by atoms with Crippen molar-refractivity contribution in [2.75, 3.05) is 11.9 Å². The third-order valence-corrected chi connectivity index (χ3v) is 2.88. The molecule has 18 heavy (non-hydrogen) atoms. The van der Waals surface area contributed by atoms with E-state index in [0.29, 0.717) is 6.42 Å². The molecule has 0 unspecified atom stereocenters. The molecule has 0 aliphatic carbocycles. The van der Waals surface area contributed by atoms with Crippen molar-refractivity contribution in [2.24, 2.45) is 0 Å². The minimum atomic E-state index is -1.54. The van der Waals surface area contributed by atoms with Crippen molar-refractivity contribution in [1.29, 1.82) is 0 Å². The first-order valence-electron chi connectivity index (χ1n) is 5.76. The maximum absolute atomic E-state index is 13.0. The summed E-state index contributed by atoms with van der Waals surface area (Å²) in [5.41, 5.74) is -0.0798. The molecular formula is C12H13F3N2O. The van der Waals surface area contributed by atoms with Crippen molar-refractivity contribution in [1.82, 2.24) is 5.32 Å². The van der Waals surface area contributed by atoms with E-state index in [4.69, 9.17) is 0 Å². The fourth-order valence-electron chi connectivity index (χ4n) is 1.93. The summed E-state index contributed by atoms with van der Waals surface area (Å²) in [7, 11) is 0. The van der Waals surface area contributed by atoms with Crippen LogP contribution in [-0.4, -0.2) is 18.5 Å². The number of piperidine rings is 1. The van der Waals surface area contributed by atoms with Gasteiger partial charge in [0.15, 0.2) is 17.5 Å². The SMILES string of the molecule is O=C(Nc1cc(F)c(F)c(F)c1)[C@H]1CCCCN1. The maximum Gasteiger partial charge on any atom is 0.241 e. The second-order valence-corrected chi connectivity index (χ2v) is 4.25. The van der Waals surface area contributed by atoms with Crippen molar-refractivity contribution in [3.05, 3.63) is 29.6 Å². The molecular weight excluding hydrogens is 245 g/mol. The average Bonchev–Trinajstić information content (AvgIpc) is 2.37. The highest BCUT2D eigenvalue weighted by Gasteiger charge is 2.21. The first-order valence-corrected chi connectivity index (χ1v) is 5.76. The number of rotatable bonds is 2. The highest BCUT2D eigenvalue weighted by Crippen LogP contribution is 2.18. The van der Waals surface area contributed by atoms with Crippen molar-refractivity contribution in [2.45, 2.75) is 25.3 Å². The van der Waals surface area contributed by atoms with Gasteiger partial charge in [0.2, 0.25) is 5.91 Å². The fourth-order valence-corrected chi connectivity index (χ4v) is 1.93. The van der Waals surface area contributed by atoms with Gasteiger partial charge in [0.1, 0.15) is 0 Å². The van der Waals surface area contributed by atoms with Crippen LogP contribution in [0, 0.1) is 17.5 Å². The Hall–Kier alpha value is -1.56. The minimum Gasteiger partial charge on any atom is -0.325 e. The zero-order chi connectivity index (χ0) is 13.1. The molecule has 0 bridgehead atoms. The number of anilines is 1. The quantitative estimate of drug-likeness (QED) is 0.798. The van der Waals surface area contributed by atoms with Crippen molar-refractivity contribution in [3.63, 3.8) is 0 Å². The Morgan fingerprint density at radius 1 is 1.22 bits per heavy atom. The fraction of sp³-hybridized carbons (Fsp3) is 0.417. The number of halogens is 3. The summed E-state index contributed by atoms with van der Waals surface area (Å²) >= 11 is 0. The molecule has 98 valence electrons. The van der Waals surface area contributed by atoms with E-state index in [1.165, 1.54) is 0 Å². The third kappa shape index (κ3) is 2.81. The van der Waals surface area contributed by atoms with E-state index in [1.54, 1.807) is 0 Å². The number of nitrogens with one attached hydrogen (secondary N) is 2. The van der Waals surface area contributed by atoms with Crippen LogP contribution in [-0.2, 0) is 4.79 Å². The molecule has 1 saturated heterocycles. The summed E-state index contributed by atoms with van der Waals surface area (Å²) in [6.07, 6.45) is 2.61. The van der Waals surface area contributed by atoms with Gasteiger partial charge in [0, 0.05) is 17.8 Å². The summed E-state index contributed by atoms with van der Waals surface area (Å²) in [5.74, 6) is -4.53. The Labute approximate surface area is 102 Å². The van der Waals surface area contributed by atoms with Gasteiger partial charge in [-0.1, -0.05) is 6.42 Å². The molecule has 1 amide bonds. The lowest BCUT2D eigenvalue weighted by Gasteiger charge is -2.22. The summed E-state index contributed by atoms with van der Waals surface area (Å²) in [6.45, 7) is 0.740. The van der Waals surface area contributed by atoms with Crippen LogP contribution in [0.15, 0.2) is 12.1 Å². The highest BCUT2D eigenvalue weighted by atomic mass is 19.2. The van der Waals surface area contributed by atoms with Crippen LogP contribution in [0.1, 0.15) is 19.3 Å². The Morgan fingerprint density at radius 2 is 1.89 bits per heavy atom. The van der Waals surface area contributed by atoms with Gasteiger partial charge in [-0.25, -0.2) is 13.2 Å². The molecule has 1 heterocycles. The molecule has 1 atom stereocenters. The van der Waals surface area contributed by atoms with Crippen molar-refractivity contribution >= 4 is 11.6 Å². The van der Waals surface area contributed by atoms with E-state index in [2.05, 4.69) is 10.6 Å². The predicted molar refractivity (Wildman–Crippen MR) is 60.6 cm³/mol. The van der Waals surface area contributed by atoms with E-state index in [9.17, 15) is 18.0 Å². The predicted octanol–water partition coefficient (Wildman–Crippen LogP) is 2.18. The monoisotopic (exact) mass is 258 g/mol. The molecule has 3 nitrogen and oxygen atoms in total. The molecule has 1 aromatic carbocycles. The van der Waals surface area contributed by atoms with Crippen LogP contribution in [0.3, 0.4) is 0 Å². The molecule has 2 rings (SSSR count). The van der Waals surface area contributed by atoms with Crippen molar-refractivity contribution < 1.29 is 18.0 Å². The summed E-state index contributed by atoms with van der Waals surface area (Å²) < 4.78 is 38.6. The third-order valence-electron chi connectivity index (χ3n) is 2.88. The Bertz CT molecular complexity index is 436. The van der Waals surface area contributed by atoms with E-state index in [0.717, 1.165) is 31.5 Å². The zero-order valence-electron chi connectivity index (χ0n) is 9.60. The second-order valence-electron chi connectivity index (χ2n) is 4.25. The van der Waals surface area contributed by atoms with Crippen LogP contribution in [0.4, 0.5) is 18.9 Å². The van der Waals surface area contributed by atoms with E-state index >= 15 is 0 Å². The van der Waals surface area contributed by atoms with Gasteiger partial charge in [-0.15, -0.1) is 0 Å². The molecule has 1 fully saturated rings. The molecule has 0 aromatic heterocycles. The number of amides is 1. The van der Waals surface area contributed by atoms with Gasteiger partial charge in [-0.2, -0.15) is 0 Å². The Balaban J connectivity index is 2.06. The van der Waals surface area contributed by atoms with Gasteiger partial charge in [-0.05, 0) is 19.4 Å². The smallest absolute Gasteiger partial charge is 0.241 e. The van der Waals surface area contributed by atoms with Crippen LogP contribution >= 0.6 is 0 Å². The maximum atomic E-state index is 13.0. The largest absolute Gasteiger partial charge is 0.325 e. The van der Waals surface area contributed by atoms with Gasteiger partial charge in [0.05, 0.1) is 6.04 Å². The first-order chi connectivity index (χ1) is 8.58. The van der Waals surface area contributed by atoms with Crippen LogP contribution in [0.25, 0.3) is 0 Å². The zero-order valence-corrected chi connectivity index (χ0v) is 9.60. The molecule has 1 aliphatic heterocycles. The van der Waals surface area contributed by atoms with Crippen molar-refractivity contribution in [3.8, 4) is 0 Å². The minimum absolute atomic E-state index is 0.0798.